The summed E-state index contributed by atoms with van der Waals surface area (Å²) < 4.78 is 7.59. The maximum absolute atomic E-state index is 12.7. The molecular weight excluding hydrogens is 340 g/mol. The number of aromatic nitrogens is 1. The van der Waals surface area contributed by atoms with Crippen molar-refractivity contribution in [1.82, 2.24) is 9.88 Å². The highest BCUT2D eigenvalue weighted by Crippen LogP contribution is 2.33. The smallest absolute Gasteiger partial charge is 0.257 e. The number of nitrogens with zero attached hydrogens (tertiary/aromatic N) is 1. The number of rotatable bonds is 8. The highest BCUT2D eigenvalue weighted by molar-refractivity contribution is 5.84. The number of amides is 1. The van der Waals surface area contributed by atoms with Gasteiger partial charge in [0.2, 0.25) is 0 Å². The standard InChI is InChI=1S/C22H28N2O3/c1-14(2)19-10-22(26)24(12-16-5-6-16)20-9-17(7-8-18(19)20)27-13-21(25)23-11-15-3-4-15/h7-10,14-16H,3-6,11-13H2,1-2H3,(H,23,25). The van der Waals surface area contributed by atoms with Gasteiger partial charge >= 0.3 is 0 Å². The van der Waals surface area contributed by atoms with E-state index in [1.54, 1.807) is 6.07 Å². The van der Waals surface area contributed by atoms with Crippen LogP contribution < -0.4 is 15.6 Å². The van der Waals surface area contributed by atoms with Crippen LogP contribution in [0, 0.1) is 11.8 Å². The van der Waals surface area contributed by atoms with Crippen LogP contribution in [0.1, 0.15) is 51.0 Å². The molecule has 1 N–H and O–H groups in total. The van der Waals surface area contributed by atoms with E-state index in [0.29, 0.717) is 17.6 Å². The fraction of sp³-hybridized carbons (Fsp3) is 0.545. The van der Waals surface area contributed by atoms with Crippen LogP contribution in [0.5, 0.6) is 5.75 Å². The summed E-state index contributed by atoms with van der Waals surface area (Å²) in [6, 6.07) is 7.61. The van der Waals surface area contributed by atoms with Gasteiger partial charge in [-0.2, -0.15) is 0 Å². The lowest BCUT2D eigenvalue weighted by atomic mass is 9.98. The van der Waals surface area contributed by atoms with E-state index in [4.69, 9.17) is 4.74 Å². The average molecular weight is 368 g/mol. The zero-order valence-electron chi connectivity index (χ0n) is 16.2. The summed E-state index contributed by atoms with van der Waals surface area (Å²) >= 11 is 0. The van der Waals surface area contributed by atoms with Gasteiger partial charge in [-0.1, -0.05) is 13.8 Å². The molecule has 2 aliphatic rings. The Hall–Kier alpha value is -2.30. The molecule has 0 spiro atoms. The molecule has 2 aliphatic carbocycles. The molecule has 0 unspecified atom stereocenters. The largest absolute Gasteiger partial charge is 0.484 e. The Kier molecular flexibility index (Phi) is 4.94. The first-order valence-electron chi connectivity index (χ1n) is 10.1. The summed E-state index contributed by atoms with van der Waals surface area (Å²) in [4.78, 5) is 24.7. The van der Waals surface area contributed by atoms with Gasteiger partial charge in [-0.3, -0.25) is 9.59 Å². The monoisotopic (exact) mass is 368 g/mol. The van der Waals surface area contributed by atoms with Crippen LogP contribution in [-0.4, -0.2) is 23.6 Å². The third kappa shape index (κ3) is 4.34. The Balaban J connectivity index is 1.58. The summed E-state index contributed by atoms with van der Waals surface area (Å²) in [5, 5.41) is 4.01. The molecule has 27 heavy (non-hydrogen) atoms. The van der Waals surface area contributed by atoms with Gasteiger partial charge in [0.1, 0.15) is 5.75 Å². The second kappa shape index (κ2) is 7.37. The molecule has 0 atom stereocenters. The second-order valence-corrected chi connectivity index (χ2v) is 8.36. The molecule has 144 valence electrons. The SMILES string of the molecule is CC(C)c1cc(=O)n(CC2CC2)c2cc(OCC(=O)NCC3CC3)ccc12. The molecule has 0 radical (unpaired) electrons. The van der Waals surface area contributed by atoms with E-state index in [2.05, 4.69) is 19.2 Å². The van der Waals surface area contributed by atoms with Crippen molar-refractivity contribution in [2.75, 3.05) is 13.2 Å². The Morgan fingerprint density at radius 3 is 2.59 bits per heavy atom. The van der Waals surface area contributed by atoms with Crippen LogP contribution in [0.3, 0.4) is 0 Å². The van der Waals surface area contributed by atoms with Crippen LogP contribution in [-0.2, 0) is 11.3 Å². The van der Waals surface area contributed by atoms with Crippen molar-refractivity contribution in [3.05, 3.63) is 40.2 Å². The lowest BCUT2D eigenvalue weighted by Crippen LogP contribution is -2.30. The van der Waals surface area contributed by atoms with Crippen molar-refractivity contribution in [3.8, 4) is 5.75 Å². The van der Waals surface area contributed by atoms with Crippen molar-refractivity contribution in [2.45, 2.75) is 52.0 Å². The molecule has 0 bridgehead atoms. The average Bonchev–Trinajstić information content (AvgIpc) is 3.54. The first-order chi connectivity index (χ1) is 13.0. The van der Waals surface area contributed by atoms with E-state index in [9.17, 15) is 9.59 Å². The predicted octanol–water partition coefficient (Wildman–Crippen LogP) is 3.44. The van der Waals surface area contributed by atoms with Crippen LogP contribution in [0.2, 0.25) is 0 Å². The summed E-state index contributed by atoms with van der Waals surface area (Å²) in [6.07, 6.45) is 4.81. The maximum atomic E-state index is 12.7. The fourth-order valence-electron chi connectivity index (χ4n) is 3.48. The quantitative estimate of drug-likeness (QED) is 0.776. The fourth-order valence-corrected chi connectivity index (χ4v) is 3.48. The normalized spacial score (nSPS) is 16.7. The second-order valence-electron chi connectivity index (χ2n) is 8.36. The number of pyridine rings is 1. The predicted molar refractivity (Wildman–Crippen MR) is 106 cm³/mol. The lowest BCUT2D eigenvalue weighted by Gasteiger charge is -2.16. The lowest BCUT2D eigenvalue weighted by molar-refractivity contribution is -0.123. The van der Waals surface area contributed by atoms with Crippen molar-refractivity contribution in [3.63, 3.8) is 0 Å². The van der Waals surface area contributed by atoms with Crippen LogP contribution in [0.25, 0.3) is 10.9 Å². The first-order valence-corrected chi connectivity index (χ1v) is 10.1. The van der Waals surface area contributed by atoms with Crippen LogP contribution >= 0.6 is 0 Å². The number of hydrogen-bond acceptors (Lipinski definition) is 3. The van der Waals surface area contributed by atoms with E-state index in [1.165, 1.54) is 25.7 Å². The van der Waals surface area contributed by atoms with Gasteiger partial charge in [0, 0.05) is 30.6 Å². The van der Waals surface area contributed by atoms with Gasteiger partial charge in [0.05, 0.1) is 5.52 Å². The number of hydrogen-bond donors (Lipinski definition) is 1. The van der Waals surface area contributed by atoms with E-state index < -0.39 is 0 Å². The molecule has 2 fully saturated rings. The molecule has 1 aromatic heterocycles. The third-order valence-corrected chi connectivity index (χ3v) is 5.53. The maximum Gasteiger partial charge on any atom is 0.257 e. The molecule has 5 nitrogen and oxygen atoms in total. The summed E-state index contributed by atoms with van der Waals surface area (Å²) in [6.45, 7) is 5.73. The van der Waals surface area contributed by atoms with E-state index in [-0.39, 0.29) is 24.0 Å². The molecule has 0 aliphatic heterocycles. The van der Waals surface area contributed by atoms with Crippen LogP contribution in [0.4, 0.5) is 0 Å². The Bertz CT molecular complexity index is 908. The Morgan fingerprint density at radius 1 is 1.19 bits per heavy atom. The van der Waals surface area contributed by atoms with Gasteiger partial charge < -0.3 is 14.6 Å². The molecule has 1 heterocycles. The van der Waals surface area contributed by atoms with Gasteiger partial charge in [-0.25, -0.2) is 0 Å². The third-order valence-electron chi connectivity index (χ3n) is 5.53. The number of nitrogens with one attached hydrogen (secondary N) is 1. The molecular formula is C22H28N2O3. The number of carbonyl (C=O) groups is 1. The number of carbonyl (C=O) groups excluding carboxylic acids is 1. The summed E-state index contributed by atoms with van der Waals surface area (Å²) in [7, 11) is 0. The topological polar surface area (TPSA) is 60.3 Å². The highest BCUT2D eigenvalue weighted by atomic mass is 16.5. The van der Waals surface area contributed by atoms with Gasteiger partial charge in [-0.15, -0.1) is 0 Å². The van der Waals surface area contributed by atoms with E-state index >= 15 is 0 Å². The van der Waals surface area contributed by atoms with Gasteiger partial charge in [0.25, 0.3) is 11.5 Å². The summed E-state index contributed by atoms with van der Waals surface area (Å²) in [5.74, 6) is 2.08. The van der Waals surface area contributed by atoms with Gasteiger partial charge in [-0.05, 0) is 61.1 Å². The van der Waals surface area contributed by atoms with Crippen molar-refractivity contribution in [1.29, 1.82) is 0 Å². The zero-order chi connectivity index (χ0) is 19.0. The zero-order valence-corrected chi connectivity index (χ0v) is 16.2. The molecule has 0 saturated heterocycles. The van der Waals surface area contributed by atoms with Crippen molar-refractivity contribution in [2.24, 2.45) is 11.8 Å². The van der Waals surface area contributed by atoms with Crippen molar-refractivity contribution < 1.29 is 9.53 Å². The van der Waals surface area contributed by atoms with Crippen LogP contribution in [0.15, 0.2) is 29.1 Å². The van der Waals surface area contributed by atoms with Crippen molar-refractivity contribution >= 4 is 16.8 Å². The molecule has 2 aromatic rings. The minimum absolute atomic E-state index is 0.00888. The molecule has 2 saturated carbocycles. The first kappa shape index (κ1) is 18.1. The number of fused-ring (bicyclic) bond motifs is 1. The summed E-state index contributed by atoms with van der Waals surface area (Å²) in [5.41, 5.74) is 2.03. The molecule has 1 aromatic carbocycles. The van der Waals surface area contributed by atoms with Gasteiger partial charge in [0.15, 0.2) is 6.61 Å². The highest BCUT2D eigenvalue weighted by Gasteiger charge is 2.24. The minimum Gasteiger partial charge on any atom is -0.484 e. The number of ether oxygens (including phenoxy) is 1. The van der Waals surface area contributed by atoms with E-state index in [1.807, 2.05) is 22.8 Å². The Morgan fingerprint density at radius 2 is 1.93 bits per heavy atom. The molecule has 4 rings (SSSR count). The molecule has 5 heteroatoms. The molecule has 1 amide bonds. The van der Waals surface area contributed by atoms with E-state index in [0.717, 1.165) is 29.6 Å². The Labute approximate surface area is 159 Å². The minimum atomic E-state index is -0.0895. The number of benzene rings is 1.